The van der Waals surface area contributed by atoms with E-state index in [1.54, 1.807) is 11.3 Å². The zero-order valence-electron chi connectivity index (χ0n) is 12.7. The molecular formula is C21H13NOS. The molecule has 1 amide bonds. The van der Waals surface area contributed by atoms with Crippen molar-refractivity contribution in [2.75, 3.05) is 5.32 Å². The van der Waals surface area contributed by atoms with E-state index in [0.29, 0.717) is 6.41 Å². The molecule has 4 aromatic rings. The number of fused-ring (bicyclic) bond motifs is 3. The number of carbonyl (C=O) groups excluding carboxylic acids is 1. The number of anilines is 1. The van der Waals surface area contributed by atoms with Gasteiger partial charge >= 0.3 is 0 Å². The van der Waals surface area contributed by atoms with Gasteiger partial charge < -0.3 is 5.32 Å². The van der Waals surface area contributed by atoms with Crippen molar-refractivity contribution in [2.45, 2.75) is 0 Å². The fourth-order valence-corrected chi connectivity index (χ4v) is 3.81. The Hall–Kier alpha value is -3.09. The summed E-state index contributed by atoms with van der Waals surface area (Å²) in [5, 5.41) is 5.20. The summed E-state index contributed by atoms with van der Waals surface area (Å²) >= 11 is 1.80. The minimum atomic E-state index is 0.668. The third kappa shape index (κ3) is 2.76. The summed E-state index contributed by atoms with van der Waals surface area (Å²) in [5.41, 5.74) is 2.69. The van der Waals surface area contributed by atoms with E-state index in [4.69, 9.17) is 0 Å². The Balaban J connectivity index is 1.67. The number of benzene rings is 3. The third-order valence-electron chi connectivity index (χ3n) is 3.84. The topological polar surface area (TPSA) is 29.1 Å². The van der Waals surface area contributed by atoms with Crippen LogP contribution in [0, 0.1) is 11.8 Å². The predicted molar refractivity (Wildman–Crippen MR) is 101 cm³/mol. The highest BCUT2D eigenvalue weighted by atomic mass is 32.1. The molecule has 0 spiro atoms. The van der Waals surface area contributed by atoms with Crippen LogP contribution in [0.1, 0.15) is 11.1 Å². The van der Waals surface area contributed by atoms with Crippen molar-refractivity contribution in [1.29, 1.82) is 0 Å². The van der Waals surface area contributed by atoms with Gasteiger partial charge in [-0.1, -0.05) is 36.1 Å². The highest BCUT2D eigenvalue weighted by Crippen LogP contribution is 2.33. The largest absolute Gasteiger partial charge is 0.329 e. The Morgan fingerprint density at radius 2 is 1.50 bits per heavy atom. The highest BCUT2D eigenvalue weighted by Gasteiger charge is 2.04. The smallest absolute Gasteiger partial charge is 0.211 e. The van der Waals surface area contributed by atoms with Gasteiger partial charge in [0, 0.05) is 37.0 Å². The molecule has 4 rings (SSSR count). The quantitative estimate of drug-likeness (QED) is 0.406. The first-order chi connectivity index (χ1) is 11.8. The van der Waals surface area contributed by atoms with Crippen LogP contribution in [0.2, 0.25) is 0 Å². The van der Waals surface area contributed by atoms with Crippen molar-refractivity contribution >= 4 is 43.6 Å². The van der Waals surface area contributed by atoms with Gasteiger partial charge in [0.1, 0.15) is 0 Å². The fourth-order valence-electron chi connectivity index (χ4n) is 2.67. The fraction of sp³-hybridized carbons (Fsp3) is 0. The first-order valence-electron chi connectivity index (χ1n) is 7.57. The molecule has 0 saturated heterocycles. The summed E-state index contributed by atoms with van der Waals surface area (Å²) in [6.07, 6.45) is 0.668. The van der Waals surface area contributed by atoms with Crippen LogP contribution in [0.4, 0.5) is 5.69 Å². The van der Waals surface area contributed by atoms with E-state index in [1.165, 1.54) is 20.2 Å². The van der Waals surface area contributed by atoms with Gasteiger partial charge in [0.05, 0.1) is 0 Å². The lowest BCUT2D eigenvalue weighted by Crippen LogP contribution is -1.92. The molecule has 0 atom stereocenters. The van der Waals surface area contributed by atoms with Gasteiger partial charge in [-0.15, -0.1) is 11.3 Å². The number of hydrogen-bond acceptors (Lipinski definition) is 2. The maximum Gasteiger partial charge on any atom is 0.211 e. The van der Waals surface area contributed by atoms with E-state index in [0.717, 1.165) is 16.8 Å². The second kappa shape index (κ2) is 6.19. The van der Waals surface area contributed by atoms with E-state index in [9.17, 15) is 4.79 Å². The number of amides is 1. The molecule has 0 bridgehead atoms. The van der Waals surface area contributed by atoms with Gasteiger partial charge in [-0.2, -0.15) is 0 Å². The number of carbonyl (C=O) groups is 1. The van der Waals surface area contributed by atoms with Crippen LogP contribution >= 0.6 is 11.3 Å². The summed E-state index contributed by atoms with van der Waals surface area (Å²) in [6, 6.07) is 22.3. The van der Waals surface area contributed by atoms with Crippen molar-refractivity contribution in [2.24, 2.45) is 0 Å². The van der Waals surface area contributed by atoms with Crippen molar-refractivity contribution < 1.29 is 4.79 Å². The molecule has 1 N–H and O–H groups in total. The van der Waals surface area contributed by atoms with Crippen LogP contribution in [-0.4, -0.2) is 6.41 Å². The highest BCUT2D eigenvalue weighted by molar-refractivity contribution is 7.25. The SMILES string of the molecule is O=CNc1ccc(C#Cc2ccc3c(c2)sc2ccccc23)cc1. The van der Waals surface area contributed by atoms with Crippen LogP contribution in [0.5, 0.6) is 0 Å². The molecule has 114 valence electrons. The van der Waals surface area contributed by atoms with Crippen LogP contribution in [-0.2, 0) is 4.79 Å². The van der Waals surface area contributed by atoms with Crippen molar-refractivity contribution in [3.8, 4) is 11.8 Å². The summed E-state index contributed by atoms with van der Waals surface area (Å²) in [4.78, 5) is 10.4. The number of rotatable bonds is 2. The molecule has 3 aromatic carbocycles. The lowest BCUT2D eigenvalue weighted by molar-refractivity contribution is -0.105. The molecule has 0 aliphatic heterocycles. The van der Waals surface area contributed by atoms with E-state index in [-0.39, 0.29) is 0 Å². The molecule has 0 aliphatic carbocycles. The molecule has 1 heterocycles. The minimum Gasteiger partial charge on any atom is -0.329 e. The van der Waals surface area contributed by atoms with Crippen LogP contribution in [0.3, 0.4) is 0 Å². The van der Waals surface area contributed by atoms with Gasteiger partial charge in [-0.25, -0.2) is 0 Å². The second-order valence-electron chi connectivity index (χ2n) is 5.40. The molecule has 0 fully saturated rings. The third-order valence-corrected chi connectivity index (χ3v) is 4.97. The molecule has 2 nitrogen and oxygen atoms in total. The molecule has 1 aromatic heterocycles. The molecule has 3 heteroatoms. The zero-order chi connectivity index (χ0) is 16.4. The van der Waals surface area contributed by atoms with Gasteiger partial charge in [-0.3, -0.25) is 4.79 Å². The van der Waals surface area contributed by atoms with Gasteiger partial charge in [0.25, 0.3) is 0 Å². The Labute approximate surface area is 143 Å². The van der Waals surface area contributed by atoms with Crippen LogP contribution in [0.15, 0.2) is 66.7 Å². The lowest BCUT2D eigenvalue weighted by atomic mass is 10.1. The van der Waals surface area contributed by atoms with E-state index >= 15 is 0 Å². The number of nitrogens with one attached hydrogen (secondary N) is 1. The van der Waals surface area contributed by atoms with E-state index in [1.807, 2.05) is 24.3 Å². The summed E-state index contributed by atoms with van der Waals surface area (Å²) in [5.74, 6) is 6.38. The molecule has 0 saturated carbocycles. The normalized spacial score (nSPS) is 10.3. The molecular weight excluding hydrogens is 314 g/mol. The van der Waals surface area contributed by atoms with Gasteiger partial charge in [0.2, 0.25) is 6.41 Å². The summed E-state index contributed by atoms with van der Waals surface area (Å²) in [6.45, 7) is 0. The Morgan fingerprint density at radius 1 is 0.792 bits per heavy atom. The molecule has 0 radical (unpaired) electrons. The predicted octanol–water partition coefficient (Wildman–Crippen LogP) is 5.02. The standard InChI is InChI=1S/C21H13NOS/c23-14-22-17-10-7-15(8-11-17)5-6-16-9-12-19-18-3-1-2-4-20(18)24-21(19)13-16/h1-4,7-14H,(H,22,23). The molecule has 24 heavy (non-hydrogen) atoms. The van der Waals surface area contributed by atoms with E-state index in [2.05, 4.69) is 59.6 Å². The minimum absolute atomic E-state index is 0.668. The number of thiophene rings is 1. The molecule has 0 unspecified atom stereocenters. The van der Waals surface area contributed by atoms with Gasteiger partial charge in [-0.05, 0) is 42.5 Å². The monoisotopic (exact) mass is 327 g/mol. The average molecular weight is 327 g/mol. The Kier molecular flexibility index (Phi) is 3.74. The maximum atomic E-state index is 10.4. The van der Waals surface area contributed by atoms with E-state index < -0.39 is 0 Å². The summed E-state index contributed by atoms with van der Waals surface area (Å²) < 4.78 is 2.56. The Bertz CT molecular complexity index is 1100. The van der Waals surface area contributed by atoms with Crippen LogP contribution in [0.25, 0.3) is 20.2 Å². The van der Waals surface area contributed by atoms with Gasteiger partial charge in [0.15, 0.2) is 0 Å². The summed E-state index contributed by atoms with van der Waals surface area (Å²) in [7, 11) is 0. The number of hydrogen-bond donors (Lipinski definition) is 1. The van der Waals surface area contributed by atoms with Crippen molar-refractivity contribution in [3.63, 3.8) is 0 Å². The average Bonchev–Trinajstić information content (AvgIpc) is 2.99. The zero-order valence-corrected chi connectivity index (χ0v) is 13.6. The molecule has 0 aliphatic rings. The van der Waals surface area contributed by atoms with Crippen molar-refractivity contribution in [3.05, 3.63) is 77.9 Å². The maximum absolute atomic E-state index is 10.4. The first kappa shape index (κ1) is 14.5. The van der Waals surface area contributed by atoms with Crippen molar-refractivity contribution in [1.82, 2.24) is 0 Å². The van der Waals surface area contributed by atoms with Crippen LogP contribution < -0.4 is 5.32 Å². The lowest BCUT2D eigenvalue weighted by Gasteiger charge is -1.97. The first-order valence-corrected chi connectivity index (χ1v) is 8.39. The Morgan fingerprint density at radius 3 is 2.33 bits per heavy atom. The second-order valence-corrected chi connectivity index (χ2v) is 6.48.